The summed E-state index contributed by atoms with van der Waals surface area (Å²) in [6, 6.07) is 0. The molecule has 0 radical (unpaired) electrons. The molecule has 2 heteroatoms. The number of hydrogen-bond donors (Lipinski definition) is 1. The van der Waals surface area contributed by atoms with E-state index in [2.05, 4.69) is 13.8 Å². The Hall–Kier alpha value is -0.530. The number of rotatable bonds is 1. The number of carbonyl (C=O) groups excluding carboxylic acids is 1. The van der Waals surface area contributed by atoms with Crippen LogP contribution >= 0.6 is 0 Å². The molecule has 5 rings (SSSR count). The van der Waals surface area contributed by atoms with Crippen LogP contribution in [0.15, 0.2) is 0 Å². The van der Waals surface area contributed by atoms with Gasteiger partial charge in [-0.05, 0) is 36.0 Å². The molecule has 0 aromatic rings. The second kappa shape index (κ2) is 1.34. The third-order valence-electron chi connectivity index (χ3n) is 5.63. The molecule has 5 aliphatic rings. The smallest absolute Gasteiger partial charge is 0.224 e. The van der Waals surface area contributed by atoms with Gasteiger partial charge in [-0.3, -0.25) is 4.79 Å². The third kappa shape index (κ3) is 0.301. The highest BCUT2D eigenvalue weighted by Crippen LogP contribution is 2.93. The third-order valence-corrected chi connectivity index (χ3v) is 5.63. The molecule has 0 aromatic carbocycles. The van der Waals surface area contributed by atoms with Crippen molar-refractivity contribution in [3.05, 3.63) is 0 Å². The Kier molecular flexibility index (Phi) is 0.774. The predicted octanol–water partition coefficient (Wildman–Crippen LogP) is 1.30. The maximum absolute atomic E-state index is 11.4. The van der Waals surface area contributed by atoms with Gasteiger partial charge in [-0.25, -0.2) is 0 Å². The topological polar surface area (TPSA) is 43.1 Å². The molecule has 4 atom stereocenters. The van der Waals surface area contributed by atoms with E-state index in [9.17, 15) is 4.79 Å². The van der Waals surface area contributed by atoms with Crippen LogP contribution < -0.4 is 5.73 Å². The van der Waals surface area contributed by atoms with E-state index < -0.39 is 0 Å². The van der Waals surface area contributed by atoms with E-state index in [4.69, 9.17) is 5.73 Å². The van der Waals surface area contributed by atoms with Crippen molar-refractivity contribution in [3.63, 3.8) is 0 Å². The molecule has 2 nitrogen and oxygen atoms in total. The summed E-state index contributed by atoms with van der Waals surface area (Å²) < 4.78 is 0. The van der Waals surface area contributed by atoms with Gasteiger partial charge in [-0.2, -0.15) is 0 Å². The Bertz CT molecular complexity index is 300. The minimum Gasteiger partial charge on any atom is -0.369 e. The summed E-state index contributed by atoms with van der Waals surface area (Å²) in [4.78, 5) is 11.4. The minimum atomic E-state index is -0.0677. The first-order valence-corrected chi connectivity index (χ1v) is 4.79. The average molecular weight is 165 g/mol. The first kappa shape index (κ1) is 6.93. The number of carbonyl (C=O) groups is 1. The molecule has 0 saturated heterocycles. The second-order valence-corrected chi connectivity index (χ2v) is 5.35. The number of primary amides is 1. The van der Waals surface area contributed by atoms with Gasteiger partial charge in [-0.1, -0.05) is 13.8 Å². The van der Waals surface area contributed by atoms with Crippen molar-refractivity contribution in [1.29, 1.82) is 0 Å². The standard InChI is InChI=1S/C10H15NO/c1-8-5-10(7(11)12)6(8)3-4-9(8,10)2/h6H,3-5H2,1-2H3,(H2,11,12)/t6-,8-,9+,10+/m1/s1. The maximum atomic E-state index is 11.4. The zero-order chi connectivity index (χ0) is 8.78. The lowest BCUT2D eigenvalue weighted by atomic mass is 9.21. The van der Waals surface area contributed by atoms with Gasteiger partial charge in [-0.15, -0.1) is 0 Å². The highest BCUT2D eigenvalue weighted by atomic mass is 16.1. The Morgan fingerprint density at radius 3 is 2.42 bits per heavy atom. The van der Waals surface area contributed by atoms with Gasteiger partial charge < -0.3 is 5.73 Å². The zero-order valence-corrected chi connectivity index (χ0v) is 7.68. The first-order chi connectivity index (χ1) is 5.49. The fraction of sp³-hybridized carbons (Fsp3) is 0.900. The molecular formula is C10H15NO. The Morgan fingerprint density at radius 2 is 2.17 bits per heavy atom. The van der Waals surface area contributed by atoms with Crippen LogP contribution in [0.4, 0.5) is 0 Å². The molecule has 4 bridgehead atoms. The van der Waals surface area contributed by atoms with Crippen molar-refractivity contribution in [3.8, 4) is 0 Å². The highest BCUT2D eigenvalue weighted by molar-refractivity contribution is 5.88. The molecule has 0 aliphatic heterocycles. The first-order valence-electron chi connectivity index (χ1n) is 4.79. The van der Waals surface area contributed by atoms with E-state index in [0.717, 1.165) is 6.42 Å². The van der Waals surface area contributed by atoms with E-state index in [1.54, 1.807) is 0 Å². The van der Waals surface area contributed by atoms with Gasteiger partial charge in [0.05, 0.1) is 5.41 Å². The van der Waals surface area contributed by atoms with Crippen LogP contribution in [0.5, 0.6) is 0 Å². The summed E-state index contributed by atoms with van der Waals surface area (Å²) in [5.74, 6) is 0.601. The molecule has 66 valence electrons. The van der Waals surface area contributed by atoms with Crippen LogP contribution in [-0.4, -0.2) is 5.91 Å². The number of amides is 1. The molecule has 0 unspecified atom stereocenters. The largest absolute Gasteiger partial charge is 0.369 e. The van der Waals surface area contributed by atoms with Gasteiger partial charge in [0.1, 0.15) is 0 Å². The fourth-order valence-electron chi connectivity index (χ4n) is 4.76. The van der Waals surface area contributed by atoms with E-state index in [-0.39, 0.29) is 16.7 Å². The molecule has 5 fully saturated rings. The van der Waals surface area contributed by atoms with Crippen LogP contribution in [0.2, 0.25) is 0 Å². The highest BCUT2D eigenvalue weighted by Gasteiger charge is 2.91. The van der Waals surface area contributed by atoms with Gasteiger partial charge in [0.25, 0.3) is 0 Å². The van der Waals surface area contributed by atoms with Crippen molar-refractivity contribution in [2.45, 2.75) is 33.1 Å². The predicted molar refractivity (Wildman–Crippen MR) is 45.2 cm³/mol. The summed E-state index contributed by atoms with van der Waals surface area (Å²) in [5.41, 5.74) is 6.18. The number of hydrogen-bond acceptors (Lipinski definition) is 1. The lowest BCUT2D eigenvalue weighted by Gasteiger charge is -2.81. The summed E-state index contributed by atoms with van der Waals surface area (Å²) in [7, 11) is 0. The lowest BCUT2D eigenvalue weighted by Crippen LogP contribution is -2.81. The SMILES string of the molecule is C[C@]12CC[C@@H]3[C@@]1(C)C[C@@]32C(N)=O. The number of fused-ring (bicyclic) bond motifs is 1. The van der Waals surface area contributed by atoms with E-state index in [0.29, 0.717) is 11.3 Å². The second-order valence-electron chi connectivity index (χ2n) is 5.35. The van der Waals surface area contributed by atoms with Crippen LogP contribution in [0.3, 0.4) is 0 Å². The Morgan fingerprint density at radius 1 is 1.50 bits per heavy atom. The van der Waals surface area contributed by atoms with Gasteiger partial charge >= 0.3 is 0 Å². The van der Waals surface area contributed by atoms with E-state index >= 15 is 0 Å². The van der Waals surface area contributed by atoms with Crippen molar-refractivity contribution < 1.29 is 4.79 Å². The molecule has 0 aromatic heterocycles. The summed E-state index contributed by atoms with van der Waals surface area (Å²) >= 11 is 0. The summed E-state index contributed by atoms with van der Waals surface area (Å²) in [6.45, 7) is 4.58. The molecule has 0 heterocycles. The quantitative estimate of drug-likeness (QED) is 0.625. The monoisotopic (exact) mass is 165 g/mol. The van der Waals surface area contributed by atoms with Gasteiger partial charge in [0, 0.05) is 0 Å². The molecule has 2 N–H and O–H groups in total. The van der Waals surface area contributed by atoms with Crippen molar-refractivity contribution in [2.75, 3.05) is 0 Å². The fourth-order valence-corrected chi connectivity index (χ4v) is 4.76. The molecule has 5 saturated carbocycles. The average Bonchev–Trinajstić information content (AvgIpc) is 2.33. The summed E-state index contributed by atoms with van der Waals surface area (Å²) in [5, 5.41) is 0. The molecule has 12 heavy (non-hydrogen) atoms. The van der Waals surface area contributed by atoms with Crippen molar-refractivity contribution in [1.82, 2.24) is 0 Å². The summed E-state index contributed by atoms with van der Waals surface area (Å²) in [6.07, 6.45) is 3.52. The Balaban J connectivity index is 2.12. The van der Waals surface area contributed by atoms with Crippen LogP contribution in [-0.2, 0) is 4.79 Å². The molecule has 1 amide bonds. The van der Waals surface area contributed by atoms with Crippen molar-refractivity contribution >= 4 is 5.91 Å². The van der Waals surface area contributed by atoms with Crippen molar-refractivity contribution in [2.24, 2.45) is 27.9 Å². The van der Waals surface area contributed by atoms with Crippen LogP contribution in [0.25, 0.3) is 0 Å². The normalized spacial score (nSPS) is 65.3. The van der Waals surface area contributed by atoms with Crippen LogP contribution in [0.1, 0.15) is 33.1 Å². The zero-order valence-electron chi connectivity index (χ0n) is 7.68. The van der Waals surface area contributed by atoms with E-state index in [1.165, 1.54) is 12.8 Å². The Labute approximate surface area is 72.5 Å². The maximum Gasteiger partial charge on any atom is 0.224 e. The number of nitrogens with two attached hydrogens (primary N) is 1. The lowest BCUT2D eigenvalue weighted by molar-refractivity contribution is -0.327. The van der Waals surface area contributed by atoms with Gasteiger partial charge in [0.15, 0.2) is 0 Å². The minimum absolute atomic E-state index is 0.0313. The van der Waals surface area contributed by atoms with E-state index in [1.807, 2.05) is 0 Å². The van der Waals surface area contributed by atoms with Crippen LogP contribution in [0, 0.1) is 22.2 Å². The molecule has 5 aliphatic carbocycles. The van der Waals surface area contributed by atoms with Gasteiger partial charge in [0.2, 0.25) is 5.91 Å². The molecular weight excluding hydrogens is 150 g/mol. The molecule has 0 spiro atoms.